The second-order valence-electron chi connectivity index (χ2n) is 7.98. The van der Waals surface area contributed by atoms with Crippen LogP contribution >= 0.6 is 0 Å². The molecule has 4 N–H and O–H groups in total. The molecular weight excluding hydrogens is 408 g/mol. The predicted molar refractivity (Wildman–Crippen MR) is 112 cm³/mol. The summed E-state index contributed by atoms with van der Waals surface area (Å²) in [6, 6.07) is 11.5. The number of aliphatic carboxylic acids is 1. The van der Waals surface area contributed by atoms with E-state index in [0.717, 1.165) is 11.8 Å². The first kappa shape index (κ1) is 23.7. The summed E-state index contributed by atoms with van der Waals surface area (Å²) in [5.41, 5.74) is 1.64. The third kappa shape index (κ3) is 7.66. The highest BCUT2D eigenvalue weighted by Gasteiger charge is 2.21. The number of nitrogens with one attached hydrogen (secondary N) is 2. The van der Waals surface area contributed by atoms with Crippen molar-refractivity contribution in [1.29, 1.82) is 0 Å². The quantitative estimate of drug-likeness (QED) is 0.403. The van der Waals surface area contributed by atoms with Gasteiger partial charge in [0.05, 0.1) is 18.0 Å². The van der Waals surface area contributed by atoms with Gasteiger partial charge in [0.2, 0.25) is 10.0 Å². The van der Waals surface area contributed by atoms with Crippen molar-refractivity contribution in [2.75, 3.05) is 17.5 Å². The Morgan fingerprint density at radius 1 is 1.17 bits per heavy atom. The van der Waals surface area contributed by atoms with E-state index in [4.69, 9.17) is 0 Å². The van der Waals surface area contributed by atoms with Gasteiger partial charge in [-0.3, -0.25) is 4.72 Å². The number of aliphatic hydroxyl groups is 1. The van der Waals surface area contributed by atoms with Crippen LogP contribution in [0.5, 0.6) is 5.75 Å². The number of carboxylic acid groups (broad SMARTS) is 1. The van der Waals surface area contributed by atoms with Crippen LogP contribution < -0.4 is 15.1 Å². The SMILES string of the molecule is CC(C)(Cc1cccc(CC(=O)[O-])c1)NC[C@H](O)c1ccc(O)c(NS(C)(=O)=O)c1. The van der Waals surface area contributed by atoms with Crippen molar-refractivity contribution in [1.82, 2.24) is 5.32 Å². The van der Waals surface area contributed by atoms with Crippen LogP contribution in [0.25, 0.3) is 0 Å². The lowest BCUT2D eigenvalue weighted by atomic mass is 9.93. The first-order chi connectivity index (χ1) is 13.8. The van der Waals surface area contributed by atoms with Crippen LogP contribution in [0.4, 0.5) is 5.69 Å². The zero-order chi connectivity index (χ0) is 22.5. The van der Waals surface area contributed by atoms with Gasteiger partial charge >= 0.3 is 0 Å². The molecule has 0 aliphatic carbocycles. The highest BCUT2D eigenvalue weighted by molar-refractivity contribution is 7.92. The summed E-state index contributed by atoms with van der Waals surface area (Å²) in [6.07, 6.45) is 0.485. The third-order valence-corrected chi connectivity index (χ3v) is 5.05. The molecule has 0 saturated heterocycles. The number of benzene rings is 2. The number of carbonyl (C=O) groups is 1. The Kier molecular flexibility index (Phi) is 7.46. The first-order valence-electron chi connectivity index (χ1n) is 9.36. The number of phenolic OH excluding ortho intramolecular Hbond substituents is 1. The summed E-state index contributed by atoms with van der Waals surface area (Å²) >= 11 is 0. The monoisotopic (exact) mass is 435 g/mol. The summed E-state index contributed by atoms with van der Waals surface area (Å²) in [5.74, 6) is -1.37. The number of β-amino-alcohol motifs (C(OH)–C–C–N with tert-alkyl or cyclic N) is 1. The lowest BCUT2D eigenvalue weighted by Gasteiger charge is -2.28. The number of anilines is 1. The Labute approximate surface area is 176 Å². The normalized spacial score (nSPS) is 13.1. The molecule has 0 aromatic heterocycles. The van der Waals surface area contributed by atoms with Gasteiger partial charge in [0.1, 0.15) is 5.75 Å². The summed E-state index contributed by atoms with van der Waals surface area (Å²) in [5, 5.41) is 34.4. The minimum absolute atomic E-state index is 0.00181. The molecule has 2 rings (SSSR count). The van der Waals surface area contributed by atoms with E-state index in [1.807, 2.05) is 26.0 Å². The van der Waals surface area contributed by atoms with Gasteiger partial charge in [-0.2, -0.15) is 0 Å². The van der Waals surface area contributed by atoms with E-state index in [1.165, 1.54) is 18.2 Å². The largest absolute Gasteiger partial charge is 0.550 e. The molecule has 0 amide bonds. The Bertz CT molecular complexity index is 1000. The van der Waals surface area contributed by atoms with Gasteiger partial charge in [-0.25, -0.2) is 8.42 Å². The molecule has 0 heterocycles. The second kappa shape index (κ2) is 9.46. The lowest BCUT2D eigenvalue weighted by Crippen LogP contribution is -2.43. The van der Waals surface area contributed by atoms with Crippen molar-refractivity contribution < 1.29 is 28.5 Å². The van der Waals surface area contributed by atoms with Crippen LogP contribution in [-0.2, 0) is 27.7 Å². The zero-order valence-electron chi connectivity index (χ0n) is 17.2. The van der Waals surface area contributed by atoms with Crippen molar-refractivity contribution in [2.45, 2.75) is 38.3 Å². The fourth-order valence-electron chi connectivity index (χ4n) is 3.12. The summed E-state index contributed by atoms with van der Waals surface area (Å²) in [6.45, 7) is 4.10. The molecule has 8 nitrogen and oxygen atoms in total. The number of carbonyl (C=O) groups excluding carboxylic acids is 1. The molecule has 0 aliphatic rings. The molecule has 2 aromatic rings. The van der Waals surface area contributed by atoms with Gasteiger partial charge in [-0.1, -0.05) is 30.3 Å². The summed E-state index contributed by atoms with van der Waals surface area (Å²) < 4.78 is 25.0. The molecule has 164 valence electrons. The van der Waals surface area contributed by atoms with Crippen molar-refractivity contribution in [3.05, 3.63) is 59.2 Å². The van der Waals surface area contributed by atoms with E-state index in [9.17, 15) is 28.5 Å². The lowest BCUT2D eigenvalue weighted by molar-refractivity contribution is -0.304. The number of rotatable bonds is 10. The van der Waals surface area contributed by atoms with Crippen molar-refractivity contribution >= 4 is 21.7 Å². The van der Waals surface area contributed by atoms with Crippen molar-refractivity contribution in [2.24, 2.45) is 0 Å². The van der Waals surface area contributed by atoms with E-state index in [-0.39, 0.29) is 24.4 Å². The molecule has 0 spiro atoms. The molecular formula is C21H27N2O6S-. The molecule has 30 heavy (non-hydrogen) atoms. The van der Waals surface area contributed by atoms with Crippen LogP contribution in [0.15, 0.2) is 42.5 Å². The highest BCUT2D eigenvalue weighted by atomic mass is 32.2. The van der Waals surface area contributed by atoms with E-state index in [0.29, 0.717) is 17.5 Å². The number of hydrogen-bond donors (Lipinski definition) is 4. The molecule has 0 radical (unpaired) electrons. The number of phenols is 1. The smallest absolute Gasteiger partial charge is 0.229 e. The second-order valence-corrected chi connectivity index (χ2v) is 9.73. The zero-order valence-corrected chi connectivity index (χ0v) is 18.0. The van der Waals surface area contributed by atoms with E-state index >= 15 is 0 Å². The number of sulfonamides is 1. The summed E-state index contributed by atoms with van der Waals surface area (Å²) in [4.78, 5) is 10.8. The number of hydrogen-bond acceptors (Lipinski definition) is 7. The Balaban J connectivity index is 2.03. The maximum absolute atomic E-state index is 11.4. The van der Waals surface area contributed by atoms with Gasteiger partial charge in [-0.15, -0.1) is 0 Å². The Morgan fingerprint density at radius 2 is 1.83 bits per heavy atom. The first-order valence-corrected chi connectivity index (χ1v) is 11.3. The fraction of sp³-hybridized carbons (Fsp3) is 0.381. The Hall–Kier alpha value is -2.62. The average molecular weight is 436 g/mol. The number of aliphatic hydroxyl groups excluding tert-OH is 1. The number of aromatic hydroxyl groups is 1. The van der Waals surface area contributed by atoms with Gasteiger partial charge in [0.15, 0.2) is 0 Å². The summed E-state index contributed by atoms with van der Waals surface area (Å²) in [7, 11) is -3.57. The van der Waals surface area contributed by atoms with Crippen LogP contribution in [0.1, 0.15) is 36.6 Å². The Morgan fingerprint density at radius 3 is 2.47 bits per heavy atom. The molecule has 0 bridgehead atoms. The van der Waals surface area contributed by atoms with E-state index in [1.54, 1.807) is 12.1 Å². The molecule has 0 fully saturated rings. The molecule has 9 heteroatoms. The maximum atomic E-state index is 11.4. The average Bonchev–Trinajstić information content (AvgIpc) is 2.60. The van der Waals surface area contributed by atoms with Crippen LogP contribution in [0, 0.1) is 0 Å². The van der Waals surface area contributed by atoms with Crippen LogP contribution in [0.2, 0.25) is 0 Å². The standard InChI is InChI=1S/C21H28N2O6S/c1-21(2,12-15-6-4-5-14(9-15)10-20(26)27)22-13-19(25)16-7-8-18(24)17(11-16)23-30(3,28)29/h4-9,11,19,22-25H,10,12-13H2,1-3H3,(H,26,27)/p-1/t19-/m0/s1. The molecule has 2 aromatic carbocycles. The van der Waals surface area contributed by atoms with Gasteiger partial charge in [0.25, 0.3) is 0 Å². The maximum Gasteiger partial charge on any atom is 0.229 e. The van der Waals surface area contributed by atoms with Crippen molar-refractivity contribution in [3.63, 3.8) is 0 Å². The van der Waals surface area contributed by atoms with E-state index in [2.05, 4.69) is 10.0 Å². The molecule has 0 aliphatic heterocycles. The van der Waals surface area contributed by atoms with Gasteiger partial charge in [0, 0.05) is 24.5 Å². The topological polar surface area (TPSA) is 139 Å². The molecule has 1 atom stereocenters. The minimum Gasteiger partial charge on any atom is -0.550 e. The fourth-order valence-corrected chi connectivity index (χ4v) is 3.69. The highest BCUT2D eigenvalue weighted by Crippen LogP contribution is 2.28. The number of carboxylic acids is 1. The van der Waals surface area contributed by atoms with Gasteiger partial charge < -0.3 is 25.4 Å². The van der Waals surface area contributed by atoms with Crippen molar-refractivity contribution in [3.8, 4) is 5.75 Å². The minimum atomic E-state index is -3.57. The van der Waals surface area contributed by atoms with Crippen LogP contribution in [0.3, 0.4) is 0 Å². The third-order valence-electron chi connectivity index (χ3n) is 4.46. The van der Waals surface area contributed by atoms with Gasteiger partial charge in [-0.05, 0) is 49.1 Å². The molecule has 0 unspecified atom stereocenters. The molecule has 0 saturated carbocycles. The van der Waals surface area contributed by atoms with Crippen LogP contribution in [-0.4, -0.2) is 42.9 Å². The predicted octanol–water partition coefficient (Wildman–Crippen LogP) is 0.700. The van der Waals surface area contributed by atoms with E-state index < -0.39 is 27.6 Å².